The zero-order valence-corrected chi connectivity index (χ0v) is 15.4. The fraction of sp³-hybridized carbons (Fsp3) is 0.0556. The number of nitrogens with two attached hydrogens (primary N) is 1. The minimum absolute atomic E-state index is 0.0394. The van der Waals surface area contributed by atoms with Crippen molar-refractivity contribution in [3.63, 3.8) is 0 Å². The fourth-order valence-electron chi connectivity index (χ4n) is 3.33. The molecule has 0 radical (unpaired) electrons. The van der Waals surface area contributed by atoms with Crippen LogP contribution in [0.2, 0.25) is 5.02 Å². The lowest BCUT2D eigenvalue weighted by Crippen LogP contribution is -2.10. The Balaban J connectivity index is 1.69. The van der Waals surface area contributed by atoms with Crippen LogP contribution in [0.25, 0.3) is 33.5 Å². The summed E-state index contributed by atoms with van der Waals surface area (Å²) in [6.07, 6.45) is 1.90. The summed E-state index contributed by atoms with van der Waals surface area (Å²) >= 11 is 6.23. The number of fused-ring (bicyclic) bond motifs is 2. The molecule has 0 aliphatic carbocycles. The van der Waals surface area contributed by atoms with Gasteiger partial charge in [-0.15, -0.1) is 5.10 Å². The number of nitrogen functional groups attached to an aromatic ring is 1. The van der Waals surface area contributed by atoms with Crippen molar-refractivity contribution in [2.75, 3.05) is 5.73 Å². The van der Waals surface area contributed by atoms with E-state index in [4.69, 9.17) is 21.8 Å². The van der Waals surface area contributed by atoms with E-state index in [-0.39, 0.29) is 12.5 Å². The number of rotatable bonds is 3. The van der Waals surface area contributed by atoms with Gasteiger partial charge in [-0.25, -0.2) is 14.5 Å². The van der Waals surface area contributed by atoms with E-state index in [1.807, 2.05) is 0 Å². The molecular formula is C18H12ClN7O3. The number of benzene rings is 1. The Labute approximate surface area is 167 Å². The van der Waals surface area contributed by atoms with Crippen LogP contribution in [0.15, 0.2) is 47.2 Å². The monoisotopic (exact) mass is 409 g/mol. The second-order valence-electron chi connectivity index (χ2n) is 6.30. The Morgan fingerprint density at radius 2 is 2.14 bits per heavy atom. The van der Waals surface area contributed by atoms with Gasteiger partial charge in [0.15, 0.2) is 16.9 Å². The third-order valence-electron chi connectivity index (χ3n) is 4.49. The number of hydrogen-bond acceptors (Lipinski definition) is 7. The van der Waals surface area contributed by atoms with Gasteiger partial charge in [0.05, 0.1) is 18.3 Å². The Morgan fingerprint density at radius 1 is 1.28 bits per heavy atom. The van der Waals surface area contributed by atoms with Gasteiger partial charge < -0.3 is 15.3 Å². The summed E-state index contributed by atoms with van der Waals surface area (Å²) in [5.74, 6) is 0.527. The largest absolute Gasteiger partial charge is 0.464 e. The average Bonchev–Trinajstić information content (AvgIpc) is 3.40. The van der Waals surface area contributed by atoms with E-state index in [1.165, 1.54) is 17.1 Å². The number of carboxylic acid groups (broad SMARTS) is 1. The first-order chi connectivity index (χ1) is 14.0. The molecule has 11 heteroatoms. The summed E-state index contributed by atoms with van der Waals surface area (Å²) in [6.45, 7) is 0.179. The molecule has 0 fully saturated rings. The Hall–Kier alpha value is -3.92. The lowest BCUT2D eigenvalue weighted by atomic mass is 10.1. The number of hydrogen-bond donors (Lipinski definition) is 2. The number of carbonyl (C=O) groups is 1. The highest BCUT2D eigenvalue weighted by Gasteiger charge is 2.19. The van der Waals surface area contributed by atoms with Crippen LogP contribution in [0.3, 0.4) is 0 Å². The molecule has 10 nitrogen and oxygen atoms in total. The number of anilines is 1. The lowest BCUT2D eigenvalue weighted by molar-refractivity contribution is 0.197. The third kappa shape index (κ3) is 2.77. The minimum atomic E-state index is -1.10. The maximum Gasteiger partial charge on any atom is 0.416 e. The van der Waals surface area contributed by atoms with Crippen molar-refractivity contribution < 1.29 is 14.3 Å². The van der Waals surface area contributed by atoms with E-state index in [2.05, 4.69) is 20.3 Å². The van der Waals surface area contributed by atoms with Gasteiger partial charge in [0.25, 0.3) is 0 Å². The smallest absolute Gasteiger partial charge is 0.416 e. The van der Waals surface area contributed by atoms with E-state index in [0.717, 1.165) is 4.57 Å². The highest BCUT2D eigenvalue weighted by molar-refractivity contribution is 6.31. The van der Waals surface area contributed by atoms with Gasteiger partial charge in [-0.05, 0) is 30.3 Å². The van der Waals surface area contributed by atoms with Crippen molar-refractivity contribution in [3.05, 3.63) is 53.4 Å². The topological polar surface area (TPSA) is 138 Å². The average molecular weight is 410 g/mol. The van der Waals surface area contributed by atoms with Crippen LogP contribution in [0.1, 0.15) is 5.56 Å². The summed E-state index contributed by atoms with van der Waals surface area (Å²) in [5, 5.41) is 19.0. The SMILES string of the molecule is Nc1nc(-c2ccco2)c2nnn(Cc3cc(Cl)cc4ccn(C(=O)O)c34)c2n1. The normalized spacial score (nSPS) is 11.5. The van der Waals surface area contributed by atoms with Crippen LogP contribution in [0.5, 0.6) is 0 Å². The van der Waals surface area contributed by atoms with E-state index in [1.54, 1.807) is 30.3 Å². The first-order valence-corrected chi connectivity index (χ1v) is 8.82. The molecule has 4 heterocycles. The number of nitrogens with zero attached hydrogens (tertiary/aromatic N) is 6. The van der Waals surface area contributed by atoms with Crippen molar-refractivity contribution in [3.8, 4) is 11.5 Å². The van der Waals surface area contributed by atoms with Crippen molar-refractivity contribution >= 4 is 45.7 Å². The Morgan fingerprint density at radius 3 is 2.90 bits per heavy atom. The Bertz CT molecular complexity index is 1390. The number of halogens is 1. The molecular weight excluding hydrogens is 398 g/mol. The standard InChI is InChI=1S/C18H12ClN7O3/c19-11-6-9-3-4-25(18(27)28)15(9)10(7-11)8-26-16-14(23-24-26)13(21-17(20)22-16)12-2-1-5-29-12/h1-7H,8H2,(H,27,28)(H2,20,21,22). The summed E-state index contributed by atoms with van der Waals surface area (Å²) in [4.78, 5) is 20.1. The van der Waals surface area contributed by atoms with E-state index in [0.29, 0.717) is 44.1 Å². The maximum atomic E-state index is 11.6. The first-order valence-electron chi connectivity index (χ1n) is 8.44. The van der Waals surface area contributed by atoms with E-state index in [9.17, 15) is 9.90 Å². The summed E-state index contributed by atoms with van der Waals surface area (Å²) in [5.41, 5.74) is 8.27. The second-order valence-corrected chi connectivity index (χ2v) is 6.73. The highest BCUT2D eigenvalue weighted by atomic mass is 35.5. The predicted octanol–water partition coefficient (Wildman–Crippen LogP) is 3.25. The molecule has 0 amide bonds. The molecule has 3 N–H and O–H groups in total. The lowest BCUT2D eigenvalue weighted by Gasteiger charge is -2.08. The quantitative estimate of drug-likeness (QED) is 0.463. The van der Waals surface area contributed by atoms with Gasteiger partial charge in [0.2, 0.25) is 5.95 Å². The zero-order chi connectivity index (χ0) is 20.1. The predicted molar refractivity (Wildman–Crippen MR) is 105 cm³/mol. The molecule has 0 atom stereocenters. The molecule has 29 heavy (non-hydrogen) atoms. The number of furan rings is 1. The summed E-state index contributed by atoms with van der Waals surface area (Å²) < 4.78 is 8.06. The molecule has 0 spiro atoms. The maximum absolute atomic E-state index is 11.6. The summed E-state index contributed by atoms with van der Waals surface area (Å²) in [6, 6.07) is 8.55. The highest BCUT2D eigenvalue weighted by Crippen LogP contribution is 2.28. The van der Waals surface area contributed by atoms with Gasteiger partial charge in [-0.2, -0.15) is 4.98 Å². The molecule has 0 unspecified atom stereocenters. The first kappa shape index (κ1) is 17.2. The van der Waals surface area contributed by atoms with Crippen LogP contribution in [-0.2, 0) is 6.54 Å². The van der Waals surface area contributed by atoms with Gasteiger partial charge in [-0.3, -0.25) is 4.57 Å². The number of aromatic nitrogens is 6. The molecule has 0 aliphatic rings. The van der Waals surface area contributed by atoms with Crippen molar-refractivity contribution in [2.24, 2.45) is 0 Å². The molecule has 0 bridgehead atoms. The fourth-order valence-corrected chi connectivity index (χ4v) is 3.58. The van der Waals surface area contributed by atoms with Crippen LogP contribution in [0, 0.1) is 0 Å². The van der Waals surface area contributed by atoms with Gasteiger partial charge >= 0.3 is 6.09 Å². The van der Waals surface area contributed by atoms with Gasteiger partial charge in [0.1, 0.15) is 5.69 Å². The van der Waals surface area contributed by atoms with Crippen LogP contribution in [-0.4, -0.2) is 40.7 Å². The molecule has 0 saturated carbocycles. The molecule has 5 rings (SSSR count). The van der Waals surface area contributed by atoms with Crippen molar-refractivity contribution in [1.29, 1.82) is 0 Å². The zero-order valence-electron chi connectivity index (χ0n) is 14.7. The van der Waals surface area contributed by atoms with Gasteiger partial charge in [0, 0.05) is 22.2 Å². The van der Waals surface area contributed by atoms with Crippen molar-refractivity contribution in [2.45, 2.75) is 6.54 Å². The minimum Gasteiger partial charge on any atom is -0.464 e. The summed E-state index contributed by atoms with van der Waals surface area (Å²) in [7, 11) is 0. The second kappa shape index (κ2) is 6.31. The molecule has 0 aliphatic heterocycles. The molecule has 0 saturated heterocycles. The molecule has 4 aromatic heterocycles. The molecule has 144 valence electrons. The van der Waals surface area contributed by atoms with Crippen LogP contribution < -0.4 is 5.73 Å². The Kier molecular flexibility index (Phi) is 3.74. The van der Waals surface area contributed by atoms with E-state index >= 15 is 0 Å². The van der Waals surface area contributed by atoms with Crippen LogP contribution in [0.4, 0.5) is 10.7 Å². The third-order valence-corrected chi connectivity index (χ3v) is 4.71. The molecule has 1 aromatic carbocycles. The van der Waals surface area contributed by atoms with Crippen molar-refractivity contribution in [1.82, 2.24) is 29.5 Å². The van der Waals surface area contributed by atoms with Crippen LogP contribution >= 0.6 is 11.6 Å². The van der Waals surface area contributed by atoms with Gasteiger partial charge in [-0.1, -0.05) is 16.8 Å². The molecule has 5 aromatic rings. The van der Waals surface area contributed by atoms with E-state index < -0.39 is 6.09 Å².